The van der Waals surface area contributed by atoms with E-state index in [1.54, 1.807) is 0 Å². The van der Waals surface area contributed by atoms with Crippen molar-refractivity contribution in [1.82, 2.24) is 12.3 Å². The number of ether oxygens (including phenoxy) is 4. The Hall–Kier alpha value is -1.02. The summed E-state index contributed by atoms with van der Waals surface area (Å²) in [5.41, 5.74) is 9.00. The van der Waals surface area contributed by atoms with Crippen LogP contribution < -0.4 is 12.3 Å². The van der Waals surface area contributed by atoms with Gasteiger partial charge in [0.1, 0.15) is 0 Å². The lowest BCUT2D eigenvalue weighted by molar-refractivity contribution is 0.396. The summed E-state index contributed by atoms with van der Waals surface area (Å²) < 4.78 is 22.2. The molecule has 4 atom stereocenters. The molecule has 1 aromatic rings. The molecule has 6 nitrogen and oxygen atoms in total. The molecule has 26 heavy (non-hydrogen) atoms. The van der Waals surface area contributed by atoms with Gasteiger partial charge in [-0.25, -0.2) is 0 Å². The minimum absolute atomic E-state index is 0. The molecule has 0 bridgehead atoms. The molecule has 4 aliphatic rings. The summed E-state index contributed by atoms with van der Waals surface area (Å²) in [5.74, 6) is 0. The van der Waals surface area contributed by atoms with E-state index < -0.39 is 0 Å². The number of rotatable bonds is 8. The van der Waals surface area contributed by atoms with Gasteiger partial charge in [0.05, 0.1) is 50.8 Å². The highest BCUT2D eigenvalue weighted by molar-refractivity contribution is 5.53. The fourth-order valence-electron chi connectivity index (χ4n) is 4.04. The van der Waals surface area contributed by atoms with Crippen LogP contribution in [0.4, 0.5) is 0 Å². The van der Waals surface area contributed by atoms with Crippen LogP contribution in [0.2, 0.25) is 0 Å². The fraction of sp³-hybridized carbons (Fsp3) is 0.700. The molecule has 0 spiro atoms. The molecule has 4 heterocycles. The summed E-state index contributed by atoms with van der Waals surface area (Å²) in [6.45, 7) is 8.25. The summed E-state index contributed by atoms with van der Waals surface area (Å²) in [6.07, 6.45) is 5.87. The summed E-state index contributed by atoms with van der Waals surface area (Å²) in [7, 11) is 0. The van der Waals surface area contributed by atoms with Crippen LogP contribution in [0.25, 0.3) is 0 Å². The Morgan fingerprint density at radius 1 is 0.538 bits per heavy atom. The Labute approximate surface area is 155 Å². The van der Waals surface area contributed by atoms with Crippen molar-refractivity contribution < 1.29 is 18.9 Å². The van der Waals surface area contributed by atoms with E-state index >= 15 is 0 Å². The Kier molecular flexibility index (Phi) is 5.72. The second-order valence-electron chi connectivity index (χ2n) is 7.80. The average molecular weight is 364 g/mol. The van der Waals surface area contributed by atoms with Crippen molar-refractivity contribution >= 4 is 0 Å². The van der Waals surface area contributed by atoms with E-state index in [0.717, 1.165) is 52.1 Å². The molecule has 0 aromatic heterocycles. The van der Waals surface area contributed by atoms with Gasteiger partial charge < -0.3 is 31.2 Å². The van der Waals surface area contributed by atoms with E-state index in [-0.39, 0.29) is 12.3 Å². The van der Waals surface area contributed by atoms with Crippen molar-refractivity contribution in [3.8, 4) is 0 Å². The van der Waals surface area contributed by atoms with Crippen LogP contribution in [0.5, 0.6) is 0 Å². The van der Waals surface area contributed by atoms with E-state index in [0.29, 0.717) is 24.4 Å². The van der Waals surface area contributed by atoms with Gasteiger partial charge in [0.25, 0.3) is 0 Å². The summed E-state index contributed by atoms with van der Waals surface area (Å²) in [5, 5.41) is 0. The van der Waals surface area contributed by atoms with Crippen molar-refractivity contribution in [2.45, 2.75) is 63.9 Å². The predicted molar refractivity (Wildman–Crippen MR) is 99.7 cm³/mol. The number of hydrogen-bond acceptors (Lipinski definition) is 6. The predicted octanol–water partition coefficient (Wildman–Crippen LogP) is 2.39. The Bertz CT molecular complexity index is 621. The Balaban J connectivity index is 0.000000980. The lowest BCUT2D eigenvalue weighted by Crippen LogP contribution is -2.16. The molecule has 146 valence electrons. The number of benzene rings is 1. The van der Waals surface area contributed by atoms with E-state index in [1.165, 1.54) is 33.4 Å². The van der Waals surface area contributed by atoms with Gasteiger partial charge in [-0.1, -0.05) is 0 Å². The van der Waals surface area contributed by atoms with Crippen LogP contribution >= 0.6 is 0 Å². The van der Waals surface area contributed by atoms with Gasteiger partial charge in [-0.3, -0.25) is 0 Å². The lowest BCUT2D eigenvalue weighted by Gasteiger charge is -2.23. The highest BCUT2D eigenvalue weighted by Crippen LogP contribution is 2.36. The zero-order valence-electron chi connectivity index (χ0n) is 16.0. The quantitative estimate of drug-likeness (QED) is 0.683. The normalized spacial score (nSPS) is 30.2. The standard InChI is InChI=1S/C20H26O4.2H3N/c1-11-17(3-13-7-21-13)12(2)19(5-15-9-23-15)20(6-16-10-24-16)18(11)4-14-8-22-14;;/h13-16H,3-10H2,1-2H3;2*1H3. The molecule has 6 heteroatoms. The first-order chi connectivity index (χ1) is 11.7. The maximum atomic E-state index is 5.57. The Morgan fingerprint density at radius 2 is 0.808 bits per heavy atom. The first kappa shape index (κ1) is 19.7. The topological polar surface area (TPSA) is 120 Å². The van der Waals surface area contributed by atoms with Crippen molar-refractivity contribution in [2.24, 2.45) is 0 Å². The molecule has 0 amide bonds. The van der Waals surface area contributed by atoms with Crippen LogP contribution in [0.3, 0.4) is 0 Å². The molecule has 1 aromatic carbocycles. The summed E-state index contributed by atoms with van der Waals surface area (Å²) >= 11 is 0. The highest BCUT2D eigenvalue weighted by atomic mass is 16.6. The maximum absolute atomic E-state index is 5.57. The van der Waals surface area contributed by atoms with Crippen LogP contribution in [0.15, 0.2) is 0 Å². The van der Waals surface area contributed by atoms with Crippen molar-refractivity contribution in [2.75, 3.05) is 26.4 Å². The third-order valence-electron chi connectivity index (χ3n) is 5.88. The van der Waals surface area contributed by atoms with Gasteiger partial charge in [0.2, 0.25) is 0 Å². The van der Waals surface area contributed by atoms with Gasteiger partial charge in [-0.15, -0.1) is 0 Å². The van der Waals surface area contributed by atoms with Gasteiger partial charge >= 0.3 is 0 Å². The molecule has 0 saturated carbocycles. The summed E-state index contributed by atoms with van der Waals surface area (Å²) in [4.78, 5) is 0. The van der Waals surface area contributed by atoms with E-state index in [1.807, 2.05) is 0 Å². The fourth-order valence-corrected chi connectivity index (χ4v) is 4.04. The third kappa shape index (κ3) is 4.27. The molecule has 4 fully saturated rings. The highest BCUT2D eigenvalue weighted by Gasteiger charge is 2.34. The first-order valence-corrected chi connectivity index (χ1v) is 9.28. The molecule has 6 N–H and O–H groups in total. The van der Waals surface area contributed by atoms with Crippen LogP contribution in [0.1, 0.15) is 33.4 Å². The molecule has 4 unspecified atom stereocenters. The van der Waals surface area contributed by atoms with Gasteiger partial charge in [0.15, 0.2) is 0 Å². The summed E-state index contributed by atoms with van der Waals surface area (Å²) in [6, 6.07) is 0. The average Bonchev–Trinajstić information content (AvgIpc) is 3.42. The van der Waals surface area contributed by atoms with E-state index in [9.17, 15) is 0 Å². The third-order valence-corrected chi connectivity index (χ3v) is 5.88. The molecule has 4 aliphatic heterocycles. The lowest BCUT2D eigenvalue weighted by atomic mass is 9.81. The van der Waals surface area contributed by atoms with E-state index in [4.69, 9.17) is 18.9 Å². The monoisotopic (exact) mass is 364 g/mol. The molecule has 0 aliphatic carbocycles. The zero-order valence-corrected chi connectivity index (χ0v) is 16.0. The van der Waals surface area contributed by atoms with Gasteiger partial charge in [-0.05, 0) is 47.2 Å². The van der Waals surface area contributed by atoms with Crippen LogP contribution in [0, 0.1) is 13.8 Å². The second-order valence-corrected chi connectivity index (χ2v) is 7.80. The zero-order chi connectivity index (χ0) is 16.3. The molecule has 4 saturated heterocycles. The SMILES string of the molecule is Cc1c(CC2CO2)c(C)c(CC2CO2)c(CC2CO2)c1CC1CO1.N.N. The second kappa shape index (κ2) is 7.54. The largest absolute Gasteiger partial charge is 0.373 e. The minimum Gasteiger partial charge on any atom is -0.373 e. The van der Waals surface area contributed by atoms with E-state index in [2.05, 4.69) is 13.8 Å². The van der Waals surface area contributed by atoms with Crippen molar-refractivity contribution in [3.63, 3.8) is 0 Å². The molecular formula is C20H32N2O4. The maximum Gasteiger partial charge on any atom is 0.0850 e. The first-order valence-electron chi connectivity index (χ1n) is 9.28. The van der Waals surface area contributed by atoms with Gasteiger partial charge in [-0.2, -0.15) is 0 Å². The molecule has 0 radical (unpaired) electrons. The Morgan fingerprint density at radius 3 is 1.12 bits per heavy atom. The molecule has 5 rings (SSSR count). The number of hydrogen-bond donors (Lipinski definition) is 2. The van der Waals surface area contributed by atoms with Crippen molar-refractivity contribution in [1.29, 1.82) is 0 Å². The minimum atomic E-state index is 0. The van der Waals surface area contributed by atoms with Crippen molar-refractivity contribution in [3.05, 3.63) is 33.4 Å². The smallest absolute Gasteiger partial charge is 0.0850 e. The van der Waals surface area contributed by atoms with Crippen LogP contribution in [-0.2, 0) is 44.6 Å². The number of epoxide rings is 4. The van der Waals surface area contributed by atoms with Gasteiger partial charge in [0, 0.05) is 25.7 Å². The van der Waals surface area contributed by atoms with Crippen LogP contribution in [-0.4, -0.2) is 50.8 Å². The molecular weight excluding hydrogens is 332 g/mol.